The summed E-state index contributed by atoms with van der Waals surface area (Å²) < 4.78 is 24.1. The third kappa shape index (κ3) is 2.70. The summed E-state index contributed by atoms with van der Waals surface area (Å²) in [6.07, 6.45) is 0.667. The van der Waals surface area contributed by atoms with E-state index in [1.54, 1.807) is 7.11 Å². The van der Waals surface area contributed by atoms with Crippen molar-refractivity contribution in [3.05, 3.63) is 29.6 Å². The number of hydrogen-bond acceptors (Lipinski definition) is 3. The molecule has 1 unspecified atom stereocenters. The largest absolute Gasteiger partial charge is 0.489 e. The molecule has 0 fully saturated rings. The zero-order valence-electron chi connectivity index (χ0n) is 10.8. The Labute approximate surface area is 106 Å². The van der Waals surface area contributed by atoms with E-state index in [-0.39, 0.29) is 23.9 Å². The average molecular weight is 252 g/mol. The zero-order valence-corrected chi connectivity index (χ0v) is 10.8. The van der Waals surface area contributed by atoms with E-state index in [1.165, 1.54) is 18.2 Å². The number of carbonyl (C=O) groups excluding carboxylic acids is 1. The van der Waals surface area contributed by atoms with Gasteiger partial charge in [-0.15, -0.1) is 0 Å². The Hall–Kier alpha value is -1.42. The topological polar surface area (TPSA) is 35.5 Å². The molecule has 4 heteroatoms. The predicted octanol–water partition coefficient (Wildman–Crippen LogP) is 2.97. The van der Waals surface area contributed by atoms with Gasteiger partial charge in [0.15, 0.2) is 5.78 Å². The third-order valence-corrected chi connectivity index (χ3v) is 3.22. The van der Waals surface area contributed by atoms with Crippen LogP contribution < -0.4 is 4.74 Å². The molecule has 18 heavy (non-hydrogen) atoms. The van der Waals surface area contributed by atoms with Crippen LogP contribution in [-0.2, 0) is 4.74 Å². The summed E-state index contributed by atoms with van der Waals surface area (Å²) in [5.41, 5.74) is -0.0101. The van der Waals surface area contributed by atoms with Crippen LogP contribution >= 0.6 is 0 Å². The normalized spacial score (nSPS) is 19.3. The first kappa shape index (κ1) is 13.0. The second-order valence-corrected chi connectivity index (χ2v) is 5.18. The van der Waals surface area contributed by atoms with Gasteiger partial charge in [-0.2, -0.15) is 0 Å². The van der Waals surface area contributed by atoms with E-state index in [0.717, 1.165) is 0 Å². The number of carbonyl (C=O) groups is 1. The van der Waals surface area contributed by atoms with E-state index in [0.29, 0.717) is 17.7 Å². The lowest BCUT2D eigenvalue weighted by atomic mass is 9.93. The Morgan fingerprint density at radius 1 is 1.50 bits per heavy atom. The van der Waals surface area contributed by atoms with Gasteiger partial charge in [-0.3, -0.25) is 4.79 Å². The van der Waals surface area contributed by atoms with Crippen LogP contribution in [0, 0.1) is 5.82 Å². The third-order valence-electron chi connectivity index (χ3n) is 3.22. The molecule has 1 atom stereocenters. The van der Waals surface area contributed by atoms with E-state index >= 15 is 0 Å². The molecule has 0 saturated heterocycles. The zero-order chi connectivity index (χ0) is 13.3. The smallest absolute Gasteiger partial charge is 0.170 e. The molecule has 0 saturated carbocycles. The molecule has 2 rings (SSSR count). The van der Waals surface area contributed by atoms with Crippen molar-refractivity contribution in [1.29, 1.82) is 0 Å². The second kappa shape index (κ2) is 4.69. The second-order valence-electron chi connectivity index (χ2n) is 5.18. The van der Waals surface area contributed by atoms with E-state index < -0.39 is 5.82 Å². The first-order valence-electron chi connectivity index (χ1n) is 5.96. The van der Waals surface area contributed by atoms with Gasteiger partial charge in [0.1, 0.15) is 17.7 Å². The summed E-state index contributed by atoms with van der Waals surface area (Å²) in [4.78, 5) is 11.9. The number of ketones is 1. The lowest BCUT2D eigenvalue weighted by Crippen LogP contribution is -2.35. The van der Waals surface area contributed by atoms with Crippen LogP contribution in [0.4, 0.5) is 4.39 Å². The van der Waals surface area contributed by atoms with Crippen molar-refractivity contribution >= 4 is 5.78 Å². The van der Waals surface area contributed by atoms with Crippen LogP contribution in [0.3, 0.4) is 0 Å². The van der Waals surface area contributed by atoms with Crippen molar-refractivity contribution in [3.8, 4) is 5.75 Å². The van der Waals surface area contributed by atoms with Crippen molar-refractivity contribution in [1.82, 2.24) is 0 Å². The van der Waals surface area contributed by atoms with Crippen LogP contribution in [-0.4, -0.2) is 24.6 Å². The standard InChI is InChI=1S/C14H17FO3/c1-14(2,17-3)8-10-7-12(16)11-6-9(15)4-5-13(11)18-10/h4-6,10H,7-8H2,1-3H3. The molecule has 0 spiro atoms. The highest BCUT2D eigenvalue weighted by Crippen LogP contribution is 2.31. The maximum atomic E-state index is 13.1. The molecule has 0 N–H and O–H groups in total. The minimum Gasteiger partial charge on any atom is -0.489 e. The number of ether oxygens (including phenoxy) is 2. The quantitative estimate of drug-likeness (QED) is 0.829. The molecule has 1 aliphatic heterocycles. The van der Waals surface area contributed by atoms with Crippen LogP contribution in [0.1, 0.15) is 37.0 Å². The summed E-state index contributed by atoms with van der Waals surface area (Å²) >= 11 is 0. The van der Waals surface area contributed by atoms with Crippen molar-refractivity contribution in [2.75, 3.05) is 7.11 Å². The van der Waals surface area contributed by atoms with Gasteiger partial charge in [-0.1, -0.05) is 0 Å². The fraction of sp³-hybridized carbons (Fsp3) is 0.500. The fourth-order valence-electron chi connectivity index (χ4n) is 2.11. The molecule has 0 bridgehead atoms. The first-order valence-corrected chi connectivity index (χ1v) is 5.96. The average Bonchev–Trinajstić information content (AvgIpc) is 2.30. The van der Waals surface area contributed by atoms with Gasteiger partial charge in [0, 0.05) is 20.0 Å². The highest BCUT2D eigenvalue weighted by Gasteiger charge is 2.31. The number of fused-ring (bicyclic) bond motifs is 1. The van der Waals surface area contributed by atoms with Gasteiger partial charge in [0.25, 0.3) is 0 Å². The molecule has 0 aromatic heterocycles. The van der Waals surface area contributed by atoms with E-state index in [2.05, 4.69) is 0 Å². The van der Waals surface area contributed by atoms with E-state index in [4.69, 9.17) is 9.47 Å². The van der Waals surface area contributed by atoms with Crippen LogP contribution in [0.2, 0.25) is 0 Å². The number of Topliss-reactive ketones (excluding diaryl/α,β-unsaturated/α-hetero) is 1. The summed E-state index contributed by atoms with van der Waals surface area (Å²) in [5.74, 6) is -0.0291. The molecular weight excluding hydrogens is 235 g/mol. The molecule has 1 aromatic carbocycles. The van der Waals surface area contributed by atoms with Gasteiger partial charge in [0.2, 0.25) is 0 Å². The number of halogens is 1. The summed E-state index contributed by atoms with van der Waals surface area (Å²) in [7, 11) is 1.63. The molecule has 1 aromatic rings. The van der Waals surface area contributed by atoms with E-state index in [1.807, 2.05) is 13.8 Å². The number of rotatable bonds is 3. The van der Waals surface area contributed by atoms with Gasteiger partial charge in [-0.25, -0.2) is 4.39 Å². The summed E-state index contributed by atoms with van der Waals surface area (Å²) in [6.45, 7) is 3.89. The Balaban J connectivity index is 2.18. The van der Waals surface area contributed by atoms with Gasteiger partial charge in [-0.05, 0) is 32.0 Å². The Bertz CT molecular complexity index is 468. The molecule has 0 amide bonds. The lowest BCUT2D eigenvalue weighted by molar-refractivity contribution is -0.0158. The van der Waals surface area contributed by atoms with Crippen molar-refractivity contribution < 1.29 is 18.7 Å². The van der Waals surface area contributed by atoms with Crippen LogP contribution in [0.5, 0.6) is 5.75 Å². The number of methoxy groups -OCH3 is 1. The maximum Gasteiger partial charge on any atom is 0.170 e. The molecular formula is C14H17FO3. The minimum absolute atomic E-state index is 0.0762. The SMILES string of the molecule is COC(C)(C)CC1CC(=O)c2cc(F)ccc2O1. The maximum absolute atomic E-state index is 13.1. The highest BCUT2D eigenvalue weighted by atomic mass is 19.1. The Morgan fingerprint density at radius 2 is 2.22 bits per heavy atom. The monoisotopic (exact) mass is 252 g/mol. The predicted molar refractivity (Wildman–Crippen MR) is 65.5 cm³/mol. The summed E-state index contributed by atoms with van der Waals surface area (Å²) in [5, 5.41) is 0. The molecule has 3 nitrogen and oxygen atoms in total. The Morgan fingerprint density at radius 3 is 2.89 bits per heavy atom. The lowest BCUT2D eigenvalue weighted by Gasteiger charge is -2.31. The molecule has 98 valence electrons. The van der Waals surface area contributed by atoms with E-state index in [9.17, 15) is 9.18 Å². The summed E-state index contributed by atoms with van der Waals surface area (Å²) in [6, 6.07) is 4.04. The molecule has 1 aliphatic rings. The molecule has 0 radical (unpaired) electrons. The van der Waals surface area contributed by atoms with Crippen molar-refractivity contribution in [2.45, 2.75) is 38.4 Å². The minimum atomic E-state index is -0.415. The van der Waals surface area contributed by atoms with Crippen LogP contribution in [0.15, 0.2) is 18.2 Å². The molecule has 0 aliphatic carbocycles. The molecule has 1 heterocycles. The van der Waals surface area contributed by atoms with Gasteiger partial charge < -0.3 is 9.47 Å². The number of hydrogen-bond donors (Lipinski definition) is 0. The van der Waals surface area contributed by atoms with Gasteiger partial charge >= 0.3 is 0 Å². The van der Waals surface area contributed by atoms with Crippen LogP contribution in [0.25, 0.3) is 0 Å². The Kier molecular flexibility index (Phi) is 3.39. The van der Waals surface area contributed by atoms with Crippen molar-refractivity contribution in [2.24, 2.45) is 0 Å². The van der Waals surface area contributed by atoms with Gasteiger partial charge in [0.05, 0.1) is 11.2 Å². The fourth-order valence-corrected chi connectivity index (χ4v) is 2.11. The van der Waals surface area contributed by atoms with Crippen molar-refractivity contribution in [3.63, 3.8) is 0 Å². The first-order chi connectivity index (χ1) is 8.41. The number of benzene rings is 1. The highest BCUT2D eigenvalue weighted by molar-refractivity contribution is 5.99.